The number of hydrogen-bond acceptors (Lipinski definition) is 4. The SMILES string of the molecule is O=C(CCc1nc2ccccc2c(=O)[nH]1)Nc1ccnn1Cc1ccccc1Br. The van der Waals surface area contributed by atoms with Gasteiger partial charge in [-0.2, -0.15) is 5.10 Å². The highest BCUT2D eigenvalue weighted by Gasteiger charge is 2.11. The Balaban J connectivity index is 1.42. The molecule has 7 nitrogen and oxygen atoms in total. The van der Waals surface area contributed by atoms with Gasteiger partial charge in [-0.05, 0) is 23.8 Å². The molecule has 0 aliphatic heterocycles. The number of aromatic nitrogens is 4. The minimum atomic E-state index is -0.197. The first-order valence-electron chi connectivity index (χ1n) is 9.13. The average molecular weight is 452 g/mol. The van der Waals surface area contributed by atoms with E-state index in [9.17, 15) is 9.59 Å². The van der Waals surface area contributed by atoms with Crippen molar-refractivity contribution in [2.75, 3.05) is 5.32 Å². The zero-order chi connectivity index (χ0) is 20.2. The second-order valence-corrected chi connectivity index (χ2v) is 7.40. The summed E-state index contributed by atoms with van der Waals surface area (Å²) in [6, 6.07) is 16.8. The van der Waals surface area contributed by atoms with E-state index in [0.717, 1.165) is 10.0 Å². The van der Waals surface area contributed by atoms with E-state index in [4.69, 9.17) is 0 Å². The number of carbonyl (C=O) groups is 1. The second-order valence-electron chi connectivity index (χ2n) is 6.54. The Morgan fingerprint density at radius 2 is 1.90 bits per heavy atom. The number of aromatic amines is 1. The maximum Gasteiger partial charge on any atom is 0.258 e. The van der Waals surface area contributed by atoms with Crippen molar-refractivity contribution in [1.29, 1.82) is 0 Å². The highest BCUT2D eigenvalue weighted by molar-refractivity contribution is 9.10. The summed E-state index contributed by atoms with van der Waals surface area (Å²) >= 11 is 3.53. The molecule has 29 heavy (non-hydrogen) atoms. The monoisotopic (exact) mass is 451 g/mol. The highest BCUT2D eigenvalue weighted by atomic mass is 79.9. The molecule has 0 spiro atoms. The van der Waals surface area contributed by atoms with Crippen molar-refractivity contribution in [3.8, 4) is 0 Å². The van der Waals surface area contributed by atoms with Crippen molar-refractivity contribution < 1.29 is 4.79 Å². The van der Waals surface area contributed by atoms with Crippen LogP contribution >= 0.6 is 15.9 Å². The molecule has 2 aromatic carbocycles. The van der Waals surface area contributed by atoms with Crippen LogP contribution in [0.25, 0.3) is 10.9 Å². The lowest BCUT2D eigenvalue weighted by Gasteiger charge is -2.10. The largest absolute Gasteiger partial charge is 0.311 e. The number of nitrogens with zero attached hydrogens (tertiary/aromatic N) is 3. The van der Waals surface area contributed by atoms with E-state index >= 15 is 0 Å². The molecule has 1 amide bonds. The van der Waals surface area contributed by atoms with E-state index in [0.29, 0.717) is 35.5 Å². The van der Waals surface area contributed by atoms with Crippen molar-refractivity contribution in [3.63, 3.8) is 0 Å². The van der Waals surface area contributed by atoms with Gasteiger partial charge in [-0.25, -0.2) is 9.67 Å². The van der Waals surface area contributed by atoms with Gasteiger partial charge in [0.25, 0.3) is 5.56 Å². The Hall–Kier alpha value is -3.26. The summed E-state index contributed by atoms with van der Waals surface area (Å²) in [5, 5.41) is 7.71. The lowest BCUT2D eigenvalue weighted by atomic mass is 10.2. The van der Waals surface area contributed by atoms with Gasteiger partial charge >= 0.3 is 0 Å². The van der Waals surface area contributed by atoms with Crippen LogP contribution in [0.15, 0.2) is 70.1 Å². The van der Waals surface area contributed by atoms with Gasteiger partial charge in [0.1, 0.15) is 11.6 Å². The van der Waals surface area contributed by atoms with Crippen LogP contribution in [-0.4, -0.2) is 25.7 Å². The quantitative estimate of drug-likeness (QED) is 0.469. The molecule has 4 rings (SSSR count). The molecule has 0 fully saturated rings. The molecule has 0 saturated heterocycles. The first kappa shape index (κ1) is 19.1. The zero-order valence-corrected chi connectivity index (χ0v) is 17.0. The molecule has 146 valence electrons. The van der Waals surface area contributed by atoms with Gasteiger partial charge in [0.05, 0.1) is 23.6 Å². The number of halogens is 1. The molecule has 8 heteroatoms. The summed E-state index contributed by atoms with van der Waals surface area (Å²) < 4.78 is 2.72. The fourth-order valence-corrected chi connectivity index (χ4v) is 3.45. The predicted octanol–water partition coefficient (Wildman–Crippen LogP) is 3.50. The summed E-state index contributed by atoms with van der Waals surface area (Å²) in [4.78, 5) is 31.7. The minimum Gasteiger partial charge on any atom is -0.311 e. The maximum absolute atomic E-state index is 12.4. The van der Waals surface area contributed by atoms with E-state index in [1.165, 1.54) is 0 Å². The zero-order valence-electron chi connectivity index (χ0n) is 15.4. The Bertz CT molecular complexity index is 1230. The van der Waals surface area contributed by atoms with Crippen LogP contribution < -0.4 is 10.9 Å². The molecule has 0 atom stereocenters. The average Bonchev–Trinajstić information content (AvgIpc) is 3.15. The molecule has 0 bridgehead atoms. The lowest BCUT2D eigenvalue weighted by molar-refractivity contribution is -0.116. The van der Waals surface area contributed by atoms with Gasteiger partial charge in [-0.3, -0.25) is 9.59 Å². The number of hydrogen-bond donors (Lipinski definition) is 2. The number of rotatable bonds is 6. The molecule has 0 unspecified atom stereocenters. The molecule has 2 aromatic heterocycles. The van der Waals surface area contributed by atoms with Gasteiger partial charge in [0.2, 0.25) is 5.91 Å². The van der Waals surface area contributed by atoms with Crippen molar-refractivity contribution >= 4 is 38.6 Å². The molecule has 0 aliphatic carbocycles. The van der Waals surface area contributed by atoms with Crippen LogP contribution in [0.3, 0.4) is 0 Å². The summed E-state index contributed by atoms with van der Waals surface area (Å²) in [5.74, 6) is 0.936. The number of H-pyrrole nitrogens is 1. The third-order valence-electron chi connectivity index (χ3n) is 4.51. The van der Waals surface area contributed by atoms with Gasteiger partial charge in [0, 0.05) is 23.4 Å². The van der Waals surface area contributed by atoms with Crippen LogP contribution in [0.5, 0.6) is 0 Å². The lowest BCUT2D eigenvalue weighted by Crippen LogP contribution is -2.18. The van der Waals surface area contributed by atoms with Gasteiger partial charge < -0.3 is 10.3 Å². The number of carbonyl (C=O) groups excluding carboxylic acids is 1. The molecule has 2 N–H and O–H groups in total. The van der Waals surface area contributed by atoms with Crippen molar-refractivity contribution in [3.05, 3.63) is 87.0 Å². The predicted molar refractivity (Wildman–Crippen MR) is 115 cm³/mol. The fourth-order valence-electron chi connectivity index (χ4n) is 3.04. The number of anilines is 1. The molecular weight excluding hydrogens is 434 g/mol. The Labute approximate surface area is 174 Å². The Kier molecular flexibility index (Phi) is 5.53. The highest BCUT2D eigenvalue weighted by Crippen LogP contribution is 2.19. The fraction of sp³-hybridized carbons (Fsp3) is 0.143. The summed E-state index contributed by atoms with van der Waals surface area (Å²) in [5.41, 5.74) is 1.49. The number of para-hydroxylation sites is 1. The van der Waals surface area contributed by atoms with E-state index < -0.39 is 0 Å². The van der Waals surface area contributed by atoms with Crippen LogP contribution in [0.1, 0.15) is 17.8 Å². The van der Waals surface area contributed by atoms with Crippen LogP contribution in [0, 0.1) is 0 Å². The van der Waals surface area contributed by atoms with Crippen LogP contribution in [0.4, 0.5) is 5.82 Å². The molecule has 2 heterocycles. The third-order valence-corrected chi connectivity index (χ3v) is 5.29. The number of benzene rings is 2. The van der Waals surface area contributed by atoms with E-state index in [1.54, 1.807) is 35.1 Å². The van der Waals surface area contributed by atoms with Crippen molar-refractivity contribution in [2.24, 2.45) is 0 Å². The van der Waals surface area contributed by atoms with Gasteiger partial charge in [-0.1, -0.05) is 46.3 Å². The standard InChI is InChI=1S/C21H18BrN5O2/c22-16-7-3-1-5-14(16)13-27-19(11-12-23-27)26-20(28)10-9-18-24-17-8-4-2-6-15(17)21(29)25-18/h1-8,11-12H,9-10,13H2,(H,26,28)(H,24,25,29). The molecule has 0 aliphatic rings. The minimum absolute atomic E-state index is 0.172. The number of fused-ring (bicyclic) bond motifs is 1. The van der Waals surface area contributed by atoms with Gasteiger partial charge in [-0.15, -0.1) is 0 Å². The number of amides is 1. The first-order valence-corrected chi connectivity index (χ1v) is 9.92. The van der Waals surface area contributed by atoms with Crippen LogP contribution in [0.2, 0.25) is 0 Å². The summed E-state index contributed by atoms with van der Waals surface area (Å²) in [6.45, 7) is 0.531. The Morgan fingerprint density at radius 3 is 2.76 bits per heavy atom. The molecule has 0 radical (unpaired) electrons. The van der Waals surface area contributed by atoms with Crippen molar-refractivity contribution in [1.82, 2.24) is 19.7 Å². The number of aryl methyl sites for hydroxylation is 1. The normalized spacial score (nSPS) is 10.9. The third kappa shape index (κ3) is 4.43. The topological polar surface area (TPSA) is 92.7 Å². The second kappa shape index (κ2) is 8.40. The molecule has 0 saturated carbocycles. The molecule has 4 aromatic rings. The van der Waals surface area contributed by atoms with E-state index in [2.05, 4.69) is 36.3 Å². The summed E-state index contributed by atoms with van der Waals surface area (Å²) in [7, 11) is 0. The van der Waals surface area contributed by atoms with E-state index in [1.807, 2.05) is 30.3 Å². The summed E-state index contributed by atoms with van der Waals surface area (Å²) in [6.07, 6.45) is 2.18. The van der Waals surface area contributed by atoms with E-state index in [-0.39, 0.29) is 17.9 Å². The molecular formula is C21H18BrN5O2. The maximum atomic E-state index is 12.4. The van der Waals surface area contributed by atoms with Crippen molar-refractivity contribution in [2.45, 2.75) is 19.4 Å². The number of nitrogens with one attached hydrogen (secondary N) is 2. The van der Waals surface area contributed by atoms with Crippen LogP contribution in [-0.2, 0) is 17.8 Å². The first-order chi connectivity index (χ1) is 14.1. The smallest absolute Gasteiger partial charge is 0.258 e. The Morgan fingerprint density at radius 1 is 1.10 bits per heavy atom. The van der Waals surface area contributed by atoms with Gasteiger partial charge in [0.15, 0.2) is 0 Å².